The quantitative estimate of drug-likeness (QED) is 0.730. The molecule has 6 heteroatoms. The van der Waals surface area contributed by atoms with Crippen LogP contribution in [0.25, 0.3) is 22.2 Å². The maximum absolute atomic E-state index is 12.8. The highest BCUT2D eigenvalue weighted by Crippen LogP contribution is 2.24. The number of nitrogens with zero attached hydrogens (tertiary/aromatic N) is 2. The van der Waals surface area contributed by atoms with Gasteiger partial charge in [0.25, 0.3) is 5.91 Å². The molecule has 4 rings (SSSR count). The second kappa shape index (κ2) is 7.59. The third-order valence-corrected chi connectivity index (χ3v) is 4.36. The smallest absolute Gasteiger partial charge is 0.275 e. The number of amides is 1. The Bertz CT molecular complexity index is 909. The topological polar surface area (TPSA) is 73.3 Å². The molecule has 0 bridgehead atoms. The van der Waals surface area contributed by atoms with E-state index in [1.807, 2.05) is 36.4 Å². The Kier molecular flexibility index (Phi) is 4.86. The zero-order valence-electron chi connectivity index (χ0n) is 14.2. The summed E-state index contributed by atoms with van der Waals surface area (Å²) in [4.78, 5) is 26.9. The number of carbonyl (C=O) groups excluding carboxylic acids is 1. The lowest BCUT2D eigenvalue weighted by Gasteiger charge is -2.22. The minimum absolute atomic E-state index is 0.312. The van der Waals surface area contributed by atoms with Crippen LogP contribution in [0.3, 0.4) is 0 Å². The van der Waals surface area contributed by atoms with Crippen molar-refractivity contribution in [1.29, 1.82) is 0 Å². The van der Waals surface area contributed by atoms with Gasteiger partial charge in [0.2, 0.25) is 0 Å². The number of nitrogens with one attached hydrogen (secondary N) is 1. The molecule has 1 saturated heterocycles. The van der Waals surface area contributed by atoms with E-state index in [1.54, 1.807) is 18.5 Å². The zero-order chi connectivity index (χ0) is 17.8. The fraction of sp³-hybridized carbons (Fsp3) is 0.250. The van der Waals surface area contributed by atoms with Crippen molar-refractivity contribution in [2.24, 2.45) is 0 Å². The molecule has 132 valence electrons. The van der Waals surface area contributed by atoms with Gasteiger partial charge in [-0.1, -0.05) is 18.2 Å². The number of hydrogen-bond acceptors (Lipinski definition) is 5. The van der Waals surface area contributed by atoms with Crippen molar-refractivity contribution in [3.8, 4) is 11.3 Å². The van der Waals surface area contributed by atoms with Crippen molar-refractivity contribution in [1.82, 2.24) is 15.4 Å². The van der Waals surface area contributed by atoms with Gasteiger partial charge in [0, 0.05) is 36.4 Å². The first kappa shape index (κ1) is 16.6. The van der Waals surface area contributed by atoms with Crippen molar-refractivity contribution in [2.45, 2.75) is 25.6 Å². The molecule has 0 aliphatic carbocycles. The Labute approximate surface area is 151 Å². The predicted octanol–water partition coefficient (Wildman–Crippen LogP) is 3.48. The second-order valence-electron chi connectivity index (χ2n) is 6.15. The number of fused-ring (bicyclic) bond motifs is 1. The number of hydrogen-bond donors (Lipinski definition) is 1. The Morgan fingerprint density at radius 1 is 1.15 bits per heavy atom. The molecule has 2 aromatic heterocycles. The lowest BCUT2D eigenvalue weighted by atomic mass is 10.0. The number of benzene rings is 1. The van der Waals surface area contributed by atoms with Gasteiger partial charge in [-0.25, -0.2) is 15.3 Å². The van der Waals surface area contributed by atoms with Crippen LogP contribution in [0.5, 0.6) is 0 Å². The number of aromatic nitrogens is 2. The van der Waals surface area contributed by atoms with Crippen LogP contribution in [-0.4, -0.2) is 28.8 Å². The van der Waals surface area contributed by atoms with Gasteiger partial charge >= 0.3 is 0 Å². The molecule has 1 aliphatic rings. The summed E-state index contributed by atoms with van der Waals surface area (Å²) in [6.07, 6.45) is 5.86. The summed E-state index contributed by atoms with van der Waals surface area (Å²) in [6.45, 7) is 0.658. The SMILES string of the molecule is O=C(NOC1CCCCO1)c1cc(-c2ccncc2)nc2ccccc12. The van der Waals surface area contributed by atoms with Gasteiger partial charge in [-0.2, -0.15) is 0 Å². The average Bonchev–Trinajstić information content (AvgIpc) is 2.72. The number of para-hydroxylation sites is 1. The number of carbonyl (C=O) groups is 1. The molecule has 0 spiro atoms. The monoisotopic (exact) mass is 349 g/mol. The number of pyridine rings is 2. The Morgan fingerprint density at radius 3 is 2.81 bits per heavy atom. The van der Waals surface area contributed by atoms with Crippen LogP contribution in [0, 0.1) is 0 Å². The first-order valence-electron chi connectivity index (χ1n) is 8.69. The van der Waals surface area contributed by atoms with E-state index in [0.717, 1.165) is 35.7 Å². The van der Waals surface area contributed by atoms with Crippen LogP contribution in [0.4, 0.5) is 0 Å². The van der Waals surface area contributed by atoms with E-state index in [0.29, 0.717) is 17.9 Å². The van der Waals surface area contributed by atoms with Crippen molar-refractivity contribution in [3.63, 3.8) is 0 Å². The fourth-order valence-corrected chi connectivity index (χ4v) is 3.01. The fourth-order valence-electron chi connectivity index (χ4n) is 3.01. The highest BCUT2D eigenvalue weighted by atomic mass is 16.8. The molecule has 26 heavy (non-hydrogen) atoms. The van der Waals surface area contributed by atoms with E-state index in [9.17, 15) is 4.79 Å². The van der Waals surface area contributed by atoms with Crippen molar-refractivity contribution < 1.29 is 14.4 Å². The molecule has 1 aromatic carbocycles. The Morgan fingerprint density at radius 2 is 2.00 bits per heavy atom. The van der Waals surface area contributed by atoms with Gasteiger partial charge < -0.3 is 4.74 Å². The zero-order valence-corrected chi connectivity index (χ0v) is 14.2. The first-order chi connectivity index (χ1) is 12.8. The van der Waals surface area contributed by atoms with Crippen LogP contribution >= 0.6 is 0 Å². The first-order valence-corrected chi connectivity index (χ1v) is 8.69. The molecular formula is C20H19N3O3. The van der Waals surface area contributed by atoms with Crippen LogP contribution < -0.4 is 5.48 Å². The molecule has 1 amide bonds. The van der Waals surface area contributed by atoms with E-state index in [2.05, 4.69) is 15.4 Å². The summed E-state index contributed by atoms with van der Waals surface area (Å²) in [5.74, 6) is -0.312. The summed E-state index contributed by atoms with van der Waals surface area (Å²) < 4.78 is 5.49. The Hall–Kier alpha value is -2.83. The van der Waals surface area contributed by atoms with Gasteiger partial charge in [-0.15, -0.1) is 0 Å². The lowest BCUT2D eigenvalue weighted by Crippen LogP contribution is -2.33. The normalized spacial score (nSPS) is 17.2. The molecule has 1 aliphatic heterocycles. The van der Waals surface area contributed by atoms with Gasteiger partial charge in [-0.3, -0.25) is 9.78 Å². The number of hydroxylamine groups is 1. The minimum Gasteiger partial charge on any atom is -0.350 e. The third kappa shape index (κ3) is 3.56. The molecule has 1 unspecified atom stereocenters. The highest BCUT2D eigenvalue weighted by molar-refractivity contribution is 6.06. The Balaban J connectivity index is 1.65. The number of ether oxygens (including phenoxy) is 1. The number of rotatable bonds is 4. The maximum atomic E-state index is 12.8. The average molecular weight is 349 g/mol. The summed E-state index contributed by atoms with van der Waals surface area (Å²) in [7, 11) is 0. The second-order valence-corrected chi connectivity index (χ2v) is 6.15. The molecular weight excluding hydrogens is 330 g/mol. The maximum Gasteiger partial charge on any atom is 0.275 e. The molecule has 1 fully saturated rings. The molecule has 6 nitrogen and oxygen atoms in total. The molecule has 1 atom stereocenters. The van der Waals surface area contributed by atoms with E-state index < -0.39 is 0 Å². The summed E-state index contributed by atoms with van der Waals surface area (Å²) >= 11 is 0. The van der Waals surface area contributed by atoms with Crippen molar-refractivity contribution in [2.75, 3.05) is 6.61 Å². The van der Waals surface area contributed by atoms with E-state index in [1.165, 1.54) is 0 Å². The molecule has 1 N–H and O–H groups in total. The minimum atomic E-state index is -0.388. The van der Waals surface area contributed by atoms with E-state index >= 15 is 0 Å². The molecule has 0 saturated carbocycles. The van der Waals surface area contributed by atoms with Crippen LogP contribution in [0.15, 0.2) is 54.9 Å². The van der Waals surface area contributed by atoms with Crippen LogP contribution in [-0.2, 0) is 9.57 Å². The summed E-state index contributed by atoms with van der Waals surface area (Å²) in [6, 6.07) is 13.1. The third-order valence-electron chi connectivity index (χ3n) is 4.36. The molecule has 3 heterocycles. The largest absolute Gasteiger partial charge is 0.350 e. The predicted molar refractivity (Wildman–Crippen MR) is 97.1 cm³/mol. The van der Waals surface area contributed by atoms with Crippen LogP contribution in [0.2, 0.25) is 0 Å². The molecule has 3 aromatic rings. The van der Waals surface area contributed by atoms with Gasteiger partial charge in [-0.05, 0) is 37.1 Å². The summed E-state index contributed by atoms with van der Waals surface area (Å²) in [5, 5.41) is 0.774. The van der Waals surface area contributed by atoms with E-state index in [4.69, 9.17) is 9.57 Å². The van der Waals surface area contributed by atoms with Gasteiger partial charge in [0.15, 0.2) is 6.29 Å². The lowest BCUT2D eigenvalue weighted by molar-refractivity contribution is -0.186. The van der Waals surface area contributed by atoms with E-state index in [-0.39, 0.29) is 12.2 Å². The van der Waals surface area contributed by atoms with Crippen LogP contribution in [0.1, 0.15) is 29.6 Å². The molecule has 0 radical (unpaired) electrons. The highest BCUT2D eigenvalue weighted by Gasteiger charge is 2.18. The van der Waals surface area contributed by atoms with Crippen molar-refractivity contribution in [3.05, 3.63) is 60.4 Å². The van der Waals surface area contributed by atoms with Gasteiger partial charge in [0.05, 0.1) is 16.8 Å². The van der Waals surface area contributed by atoms with Crippen molar-refractivity contribution >= 4 is 16.8 Å². The standard InChI is InChI=1S/C20H19N3O3/c24-20(23-26-19-7-3-4-12-25-19)16-13-18(14-8-10-21-11-9-14)22-17-6-2-1-5-15(16)17/h1-2,5-6,8-11,13,19H,3-4,7,12H2,(H,23,24). The summed E-state index contributed by atoms with van der Waals surface area (Å²) in [5.41, 5.74) is 5.41. The van der Waals surface area contributed by atoms with Gasteiger partial charge in [0.1, 0.15) is 0 Å².